The Morgan fingerprint density at radius 3 is 0.908 bits per heavy atom. The fraction of sp³-hybridized carbons (Fsp3) is 0.129. The molecule has 30 nitrogen and oxygen atoms in total. The molecule has 0 aliphatic heterocycles. The molecule has 30 heteroatoms. The number of para-hydroxylation sites is 4. The largest absolute Gasteiger partial charge is 0.489 e. The first kappa shape index (κ1) is 89.8. The van der Waals surface area contributed by atoms with Crippen LogP contribution in [-0.4, -0.2) is 102 Å². The van der Waals surface area contributed by atoms with E-state index in [-0.39, 0.29) is 35.5 Å². The molecule has 0 unspecified atom stereocenters. The molecule has 20 rings (SSSR count). The summed E-state index contributed by atoms with van der Waals surface area (Å²) in [7, 11) is 0. The van der Waals surface area contributed by atoms with E-state index in [1.54, 1.807) is 0 Å². The first-order valence-corrected chi connectivity index (χ1v) is 40.7. The fourth-order valence-corrected chi connectivity index (χ4v) is 13.0. The lowest BCUT2D eigenvalue weighted by molar-refractivity contribution is 0.283. The monoisotopic (exact) mass is 1740 g/mol. The maximum atomic E-state index is 6.00. The number of hydrogen-bond acceptors (Lipinski definition) is 26. The number of tetrazole rings is 4. The second-order valence-corrected chi connectivity index (χ2v) is 28.5. The number of nitrogens with zero attached hydrogens (tertiary/aromatic N) is 16. The van der Waals surface area contributed by atoms with Crippen molar-refractivity contribution in [2.24, 2.45) is 0 Å². The van der Waals surface area contributed by atoms with Crippen LogP contribution in [0.25, 0.3) is 66.4 Å². The third kappa shape index (κ3) is 26.1. The van der Waals surface area contributed by atoms with Gasteiger partial charge in [-0.1, -0.05) is 209 Å². The smallest absolute Gasteiger partial charge is 0.211 e. The zero-order chi connectivity index (χ0) is 86.4. The molecule has 0 saturated heterocycles. The molecule has 4 N–H and O–H groups in total. The second-order valence-electron chi connectivity index (χ2n) is 28.5. The van der Waals surface area contributed by atoms with Gasteiger partial charge in [0.1, 0.15) is 110 Å². The second kappa shape index (κ2) is 46.0. The molecule has 20 aromatic rings. The molecular formula is C101H92N20O10. The average Bonchev–Trinajstić information content (AvgIpc) is 1.71. The Morgan fingerprint density at radius 1 is 0.206 bits per heavy atom. The van der Waals surface area contributed by atoms with Crippen LogP contribution in [0.5, 0.6) is 57.5 Å². The average molecular weight is 1750 g/mol. The Bertz CT molecular complexity index is 6890. The summed E-state index contributed by atoms with van der Waals surface area (Å²) in [5.74, 6) is 9.43. The van der Waals surface area contributed by atoms with Crippen LogP contribution in [0.2, 0.25) is 0 Å². The van der Waals surface area contributed by atoms with Crippen molar-refractivity contribution < 1.29 is 47.4 Å². The number of pyridine rings is 4. The van der Waals surface area contributed by atoms with Gasteiger partial charge in [0.05, 0.1) is 44.8 Å². The van der Waals surface area contributed by atoms with Crippen LogP contribution < -0.4 is 47.4 Å². The van der Waals surface area contributed by atoms with E-state index in [0.29, 0.717) is 87.7 Å². The van der Waals surface area contributed by atoms with Crippen molar-refractivity contribution in [3.05, 3.63) is 396 Å². The van der Waals surface area contributed by atoms with Gasteiger partial charge in [-0.2, -0.15) is 20.9 Å². The molecule has 0 aliphatic carbocycles. The van der Waals surface area contributed by atoms with Gasteiger partial charge in [0, 0.05) is 56.4 Å². The third-order valence-electron chi connectivity index (χ3n) is 19.5. The Labute approximate surface area is 754 Å². The molecule has 12 aromatic carbocycles. The maximum absolute atomic E-state index is 6.00. The first-order valence-electron chi connectivity index (χ1n) is 40.7. The van der Waals surface area contributed by atoms with E-state index in [9.17, 15) is 0 Å². The molecule has 0 bridgehead atoms. The van der Waals surface area contributed by atoms with Crippen molar-refractivity contribution in [1.29, 1.82) is 0 Å². The van der Waals surface area contributed by atoms with Crippen LogP contribution in [0.3, 0.4) is 0 Å². The molecule has 0 saturated carbocycles. The topological polar surface area (TPSA) is 362 Å². The van der Waals surface area contributed by atoms with Crippen molar-refractivity contribution >= 4 is 43.6 Å². The van der Waals surface area contributed by atoms with Crippen LogP contribution in [0.15, 0.2) is 340 Å². The Kier molecular flexibility index (Phi) is 31.5. The summed E-state index contributed by atoms with van der Waals surface area (Å²) >= 11 is 0. The van der Waals surface area contributed by atoms with Gasteiger partial charge in [0.25, 0.3) is 0 Å². The number of fused-ring (bicyclic) bond motifs is 4. The molecule has 0 amide bonds. The fourth-order valence-electron chi connectivity index (χ4n) is 13.0. The minimum atomic E-state index is 0. The zero-order valence-electron chi connectivity index (χ0n) is 68.6. The number of benzene rings is 12. The lowest BCUT2D eigenvalue weighted by Gasteiger charge is -2.11. The highest BCUT2D eigenvalue weighted by Crippen LogP contribution is 2.30. The van der Waals surface area contributed by atoms with E-state index in [0.717, 1.165) is 146 Å². The van der Waals surface area contributed by atoms with Crippen LogP contribution in [0.4, 0.5) is 0 Å². The van der Waals surface area contributed by atoms with Gasteiger partial charge in [0.15, 0.2) is 13.2 Å². The molecule has 8 heterocycles. The van der Waals surface area contributed by atoms with Crippen molar-refractivity contribution in [3.63, 3.8) is 0 Å². The van der Waals surface area contributed by atoms with E-state index in [1.807, 2.05) is 309 Å². The van der Waals surface area contributed by atoms with Gasteiger partial charge in [-0.3, -0.25) is 0 Å². The van der Waals surface area contributed by atoms with Crippen LogP contribution in [0.1, 0.15) is 79.0 Å². The first-order chi connectivity index (χ1) is 63.3. The third-order valence-corrected chi connectivity index (χ3v) is 19.5. The number of aromatic amines is 4. The van der Waals surface area contributed by atoms with Crippen LogP contribution in [0, 0.1) is 0 Å². The van der Waals surface area contributed by atoms with Gasteiger partial charge in [0.2, 0.25) is 23.3 Å². The number of H-pyrrole nitrogens is 4. The van der Waals surface area contributed by atoms with Crippen molar-refractivity contribution in [3.8, 4) is 80.3 Å². The number of aromatic nitrogens is 20. The summed E-state index contributed by atoms with van der Waals surface area (Å²) in [4.78, 5) is 18.6. The van der Waals surface area contributed by atoms with Gasteiger partial charge in [-0.05, 0) is 173 Å². The maximum Gasteiger partial charge on any atom is 0.211 e. The summed E-state index contributed by atoms with van der Waals surface area (Å²) in [6.07, 6.45) is 0. The lowest BCUT2D eigenvalue weighted by atomic mass is 10.1. The molecule has 0 atom stereocenters. The SMILES string of the molecule is C.C.C.c1cc(OCc2ccc(OCc3nn[nH]n3)cc2)cc(OCc2ccc3ccccc3n2)c1.c1cc(OCc2ccc3ccccc3n2)cc(OCc2ccccc2-c2nn[nH]n2)c1.c1cc(OCc2cccc(OCc3nn[nH]n3)c2)cc(OCc2ccc3ccccc3n2)c1.c1ccc2nc(COc3ccc(COc4ccc(-c5nn[nH]n5)cc4)cc3)ccc2c1. The van der Waals surface area contributed by atoms with Crippen molar-refractivity contribution in [2.45, 2.75) is 88.3 Å². The predicted octanol–water partition coefficient (Wildman–Crippen LogP) is 20.0. The summed E-state index contributed by atoms with van der Waals surface area (Å²) in [5.41, 5.74) is 13.2. The van der Waals surface area contributed by atoms with Crippen LogP contribution in [-0.2, 0) is 66.1 Å². The summed E-state index contributed by atoms with van der Waals surface area (Å²) < 4.78 is 58.8. The summed E-state index contributed by atoms with van der Waals surface area (Å²) in [5, 5.41) is 59.9. The molecule has 656 valence electrons. The van der Waals surface area contributed by atoms with Crippen molar-refractivity contribution in [2.75, 3.05) is 0 Å². The Morgan fingerprint density at radius 2 is 0.511 bits per heavy atom. The molecule has 0 aliphatic rings. The Hall–Kier alpha value is -17.4. The van der Waals surface area contributed by atoms with Gasteiger partial charge in [-0.25, -0.2) is 19.9 Å². The van der Waals surface area contributed by atoms with E-state index >= 15 is 0 Å². The van der Waals surface area contributed by atoms with E-state index in [1.165, 1.54) is 0 Å². The highest BCUT2D eigenvalue weighted by molar-refractivity contribution is 5.81. The molecule has 0 fully saturated rings. The summed E-state index contributed by atoms with van der Waals surface area (Å²) in [6.45, 7) is 3.75. The zero-order valence-corrected chi connectivity index (χ0v) is 68.6. The number of ether oxygens (including phenoxy) is 10. The standard InChI is InChI=1S/2C25H21N5O3.2C24H19N5O2.3CH4/c1-2-10-24-19(6-1)11-12-20(26-24)16-32-23-9-4-8-22(14-23)31-15-18-5-3-7-21(13-18)33-17-25-27-29-30-28-25;1-2-7-24-19(4-1)10-11-20(26-24)16-32-23-6-3-5-22(14-23)31-15-18-8-12-21(13-9-18)33-17-25-27-29-30-28-25;1-3-10-22(24-26-28-29-27-24)18(7-1)15-30-20-8-5-9-21(14-20)31-16-19-13-12-17-6-2-4-11-23(17)25-19;1-2-4-23-18(3-1)7-10-20(25-23)16-31-21-11-5-17(6-12-21)15-30-22-13-8-19(9-14-22)24-26-28-29-27-24;;;/h2*1-14H,15-17H2,(H,27,28,29,30);2*1-14H,15-16H2,(H,26,27,28,29);3*1H4. The van der Waals surface area contributed by atoms with Crippen LogP contribution >= 0.6 is 0 Å². The molecule has 0 radical (unpaired) electrons. The van der Waals surface area contributed by atoms with Gasteiger partial charge >= 0.3 is 0 Å². The Balaban J connectivity index is 0.000000140. The molecular weight excluding hydrogens is 1650 g/mol. The minimum absolute atomic E-state index is 0. The van der Waals surface area contributed by atoms with Crippen molar-refractivity contribution in [1.82, 2.24) is 102 Å². The number of nitrogens with one attached hydrogen (secondary N) is 4. The van der Waals surface area contributed by atoms with E-state index < -0.39 is 0 Å². The molecule has 8 aromatic heterocycles. The predicted molar refractivity (Wildman–Crippen MR) is 497 cm³/mol. The summed E-state index contributed by atoms with van der Waals surface area (Å²) in [6, 6.07) is 110. The molecule has 0 spiro atoms. The molecule has 131 heavy (non-hydrogen) atoms. The van der Waals surface area contributed by atoms with E-state index in [2.05, 4.69) is 133 Å². The highest BCUT2D eigenvalue weighted by Gasteiger charge is 2.14. The number of rotatable bonds is 32. The number of hydrogen-bond donors (Lipinski definition) is 4. The van der Waals surface area contributed by atoms with Gasteiger partial charge < -0.3 is 47.4 Å². The quantitative estimate of drug-likeness (QED) is 0.0304. The minimum Gasteiger partial charge on any atom is -0.489 e. The van der Waals surface area contributed by atoms with E-state index in [4.69, 9.17) is 47.4 Å². The normalized spacial score (nSPS) is 10.6. The highest BCUT2D eigenvalue weighted by atomic mass is 16.5. The van der Waals surface area contributed by atoms with Gasteiger partial charge in [-0.15, -0.1) is 40.8 Å². The lowest BCUT2D eigenvalue weighted by Crippen LogP contribution is -2.00.